The molecule has 0 fully saturated rings. The lowest BCUT2D eigenvalue weighted by Crippen LogP contribution is -2.45. The minimum absolute atomic E-state index is 0.350. The van der Waals surface area contributed by atoms with Crippen molar-refractivity contribution in [3.63, 3.8) is 0 Å². The number of benzene rings is 2. The van der Waals surface area contributed by atoms with Gasteiger partial charge in [0.25, 0.3) is 0 Å². The van der Waals surface area contributed by atoms with Crippen molar-refractivity contribution < 1.29 is 14.3 Å². The summed E-state index contributed by atoms with van der Waals surface area (Å²) in [6.45, 7) is 8.23. The first-order valence-electron chi connectivity index (χ1n) is 8.43. The summed E-state index contributed by atoms with van der Waals surface area (Å²) in [5, 5.41) is 5.03. The molecule has 0 aromatic heterocycles. The highest BCUT2D eigenvalue weighted by Crippen LogP contribution is 2.37. The summed E-state index contributed by atoms with van der Waals surface area (Å²) in [6, 6.07) is 12.1. The minimum Gasteiger partial charge on any atom is -0.496 e. The van der Waals surface area contributed by atoms with Gasteiger partial charge in [-0.2, -0.15) is 0 Å². The van der Waals surface area contributed by atoms with Gasteiger partial charge in [-0.15, -0.1) is 0 Å². The van der Waals surface area contributed by atoms with Crippen LogP contribution in [-0.4, -0.2) is 31.9 Å². The Kier molecular flexibility index (Phi) is 5.58. The number of nitrogens with one attached hydrogen (secondary N) is 1. The van der Waals surface area contributed by atoms with Gasteiger partial charge in [0, 0.05) is 24.1 Å². The summed E-state index contributed by atoms with van der Waals surface area (Å²) >= 11 is 0. The summed E-state index contributed by atoms with van der Waals surface area (Å²) in [6.07, 6.45) is -0.452. The molecule has 0 aliphatic rings. The molecule has 5 heteroatoms. The Balaban J connectivity index is 2.38. The van der Waals surface area contributed by atoms with Crippen molar-refractivity contribution in [2.75, 3.05) is 20.2 Å². The van der Waals surface area contributed by atoms with Gasteiger partial charge in [0.1, 0.15) is 11.4 Å². The van der Waals surface area contributed by atoms with Crippen LogP contribution in [0.4, 0.5) is 4.79 Å². The van der Waals surface area contributed by atoms with Crippen LogP contribution in [0.1, 0.15) is 33.3 Å². The Labute approximate surface area is 149 Å². The molecule has 2 rings (SSSR count). The molecule has 0 saturated heterocycles. The van der Waals surface area contributed by atoms with E-state index in [1.165, 1.54) is 0 Å². The molecule has 0 bridgehead atoms. The van der Waals surface area contributed by atoms with Crippen LogP contribution in [0.3, 0.4) is 0 Å². The number of hydrogen-bond donors (Lipinski definition) is 2. The van der Waals surface area contributed by atoms with Gasteiger partial charge < -0.3 is 20.5 Å². The second-order valence-corrected chi connectivity index (χ2v) is 7.48. The van der Waals surface area contributed by atoms with Crippen LogP contribution in [0.2, 0.25) is 0 Å². The second-order valence-electron chi connectivity index (χ2n) is 7.48. The first-order chi connectivity index (χ1) is 11.7. The normalized spacial score (nSPS) is 14.0. The van der Waals surface area contributed by atoms with Gasteiger partial charge in [-0.3, -0.25) is 0 Å². The number of fused-ring (bicyclic) bond motifs is 1. The van der Waals surface area contributed by atoms with E-state index in [-0.39, 0.29) is 0 Å². The third-order valence-corrected chi connectivity index (χ3v) is 4.19. The van der Waals surface area contributed by atoms with E-state index in [2.05, 4.69) is 17.4 Å². The molecule has 1 amide bonds. The number of carbonyl (C=O) groups excluding carboxylic acids is 1. The van der Waals surface area contributed by atoms with E-state index in [1.54, 1.807) is 7.11 Å². The number of ether oxygens (including phenoxy) is 2. The minimum atomic E-state index is -0.541. The van der Waals surface area contributed by atoms with E-state index >= 15 is 0 Å². The number of alkyl carbamates (subject to hydrolysis) is 1. The molecule has 1 unspecified atom stereocenters. The molecule has 0 saturated carbocycles. The molecule has 2 aromatic carbocycles. The summed E-state index contributed by atoms with van der Waals surface area (Å²) in [5.74, 6) is 0.762. The summed E-state index contributed by atoms with van der Waals surface area (Å²) in [4.78, 5) is 12.1. The fraction of sp³-hybridized carbons (Fsp3) is 0.450. The number of carbonyl (C=O) groups is 1. The third kappa shape index (κ3) is 4.42. The van der Waals surface area contributed by atoms with E-state index < -0.39 is 17.1 Å². The molecular formula is C20H28N2O3. The van der Waals surface area contributed by atoms with Crippen LogP contribution in [0, 0.1) is 0 Å². The third-order valence-electron chi connectivity index (χ3n) is 4.19. The van der Waals surface area contributed by atoms with Gasteiger partial charge in [-0.25, -0.2) is 4.79 Å². The highest BCUT2D eigenvalue weighted by Gasteiger charge is 2.31. The zero-order chi connectivity index (χ0) is 18.7. The van der Waals surface area contributed by atoms with E-state index in [9.17, 15) is 4.79 Å². The lowest BCUT2D eigenvalue weighted by molar-refractivity contribution is 0.0516. The number of hydrogen-bond acceptors (Lipinski definition) is 4. The van der Waals surface area contributed by atoms with E-state index in [4.69, 9.17) is 15.2 Å². The lowest BCUT2D eigenvalue weighted by atomic mass is 9.79. The second kappa shape index (κ2) is 7.31. The topological polar surface area (TPSA) is 73.6 Å². The number of nitrogens with two attached hydrogens (primary N) is 1. The molecule has 25 heavy (non-hydrogen) atoms. The van der Waals surface area contributed by atoms with Crippen molar-refractivity contribution >= 4 is 16.9 Å². The Hall–Kier alpha value is -2.27. The zero-order valence-electron chi connectivity index (χ0n) is 15.7. The van der Waals surface area contributed by atoms with Crippen molar-refractivity contribution in [3.8, 4) is 5.75 Å². The Morgan fingerprint density at radius 2 is 1.80 bits per heavy atom. The highest BCUT2D eigenvalue weighted by atomic mass is 16.6. The van der Waals surface area contributed by atoms with Gasteiger partial charge in [-0.1, -0.05) is 37.3 Å². The highest BCUT2D eigenvalue weighted by molar-refractivity contribution is 5.89. The quantitative estimate of drug-likeness (QED) is 0.869. The van der Waals surface area contributed by atoms with E-state index in [0.29, 0.717) is 13.1 Å². The van der Waals surface area contributed by atoms with Gasteiger partial charge in [0.2, 0.25) is 0 Å². The molecule has 1 atom stereocenters. The molecular weight excluding hydrogens is 316 g/mol. The molecule has 2 aromatic rings. The molecule has 0 spiro atoms. The number of methoxy groups -OCH3 is 1. The monoisotopic (exact) mass is 344 g/mol. The first-order valence-corrected chi connectivity index (χ1v) is 8.43. The standard InChI is InChI=1S/C20H28N2O3/c1-19(2,3)25-18(23)22-13-20(4,12-21)17-15-9-7-6-8-14(15)10-11-16(17)24-5/h6-11H,12-13,21H2,1-5H3,(H,22,23). The van der Waals surface area contributed by atoms with Gasteiger partial charge in [0.15, 0.2) is 0 Å². The fourth-order valence-electron chi connectivity index (χ4n) is 2.89. The zero-order valence-corrected chi connectivity index (χ0v) is 15.7. The average Bonchev–Trinajstić information content (AvgIpc) is 2.57. The Morgan fingerprint density at radius 3 is 2.40 bits per heavy atom. The predicted molar refractivity (Wildman–Crippen MR) is 101 cm³/mol. The van der Waals surface area contributed by atoms with Gasteiger partial charge >= 0.3 is 6.09 Å². The van der Waals surface area contributed by atoms with Crippen LogP contribution < -0.4 is 15.8 Å². The van der Waals surface area contributed by atoms with Crippen LogP contribution in [0.5, 0.6) is 5.75 Å². The average molecular weight is 344 g/mol. The van der Waals surface area contributed by atoms with Crippen molar-refractivity contribution in [2.24, 2.45) is 5.73 Å². The predicted octanol–water partition coefficient (Wildman–Crippen LogP) is 3.59. The molecule has 3 N–H and O–H groups in total. The maximum atomic E-state index is 12.1. The van der Waals surface area contributed by atoms with Crippen molar-refractivity contribution in [1.82, 2.24) is 5.32 Å². The molecule has 5 nitrogen and oxygen atoms in total. The summed E-state index contributed by atoms with van der Waals surface area (Å²) in [5.41, 5.74) is 6.07. The van der Waals surface area contributed by atoms with Crippen molar-refractivity contribution in [1.29, 1.82) is 0 Å². The maximum absolute atomic E-state index is 12.1. The SMILES string of the molecule is COc1ccc2ccccc2c1C(C)(CN)CNC(=O)OC(C)(C)C. The molecule has 0 heterocycles. The fourth-order valence-corrected chi connectivity index (χ4v) is 2.89. The van der Waals surface area contributed by atoms with Gasteiger partial charge in [-0.05, 0) is 37.6 Å². The molecule has 0 radical (unpaired) electrons. The number of rotatable bonds is 5. The maximum Gasteiger partial charge on any atom is 0.407 e. The lowest BCUT2D eigenvalue weighted by Gasteiger charge is -2.32. The van der Waals surface area contributed by atoms with Crippen LogP contribution in [0.25, 0.3) is 10.8 Å². The van der Waals surface area contributed by atoms with Gasteiger partial charge in [0.05, 0.1) is 7.11 Å². The smallest absolute Gasteiger partial charge is 0.407 e. The number of amides is 1. The summed E-state index contributed by atoms with van der Waals surface area (Å²) < 4.78 is 10.9. The largest absolute Gasteiger partial charge is 0.496 e. The van der Waals surface area contributed by atoms with Crippen LogP contribution in [-0.2, 0) is 10.2 Å². The van der Waals surface area contributed by atoms with Crippen molar-refractivity contribution in [3.05, 3.63) is 42.0 Å². The molecule has 0 aliphatic heterocycles. The first kappa shape index (κ1) is 19.1. The Bertz CT molecular complexity index is 752. The Morgan fingerprint density at radius 1 is 1.12 bits per heavy atom. The van der Waals surface area contributed by atoms with Crippen LogP contribution >= 0.6 is 0 Å². The molecule has 136 valence electrons. The van der Waals surface area contributed by atoms with Crippen molar-refractivity contribution in [2.45, 2.75) is 38.7 Å². The van der Waals surface area contributed by atoms with E-state index in [1.807, 2.05) is 52.0 Å². The van der Waals surface area contributed by atoms with E-state index in [0.717, 1.165) is 22.1 Å². The summed E-state index contributed by atoms with van der Waals surface area (Å²) in [7, 11) is 1.64. The van der Waals surface area contributed by atoms with Crippen LogP contribution in [0.15, 0.2) is 36.4 Å². The molecule has 0 aliphatic carbocycles.